The molecular formula is C18H27N3O4S. The van der Waals surface area contributed by atoms with E-state index < -0.39 is 10.0 Å². The average Bonchev–Trinajstić information content (AvgIpc) is 3.12. The highest BCUT2D eigenvalue weighted by atomic mass is 32.2. The molecule has 144 valence electrons. The van der Waals surface area contributed by atoms with Crippen LogP contribution in [0.5, 0.6) is 0 Å². The number of sulfonamides is 1. The second kappa shape index (κ2) is 7.94. The number of rotatable bonds is 5. The van der Waals surface area contributed by atoms with Crippen molar-refractivity contribution in [1.29, 1.82) is 0 Å². The first kappa shape index (κ1) is 19.1. The van der Waals surface area contributed by atoms with Crippen LogP contribution < -0.4 is 10.0 Å². The fourth-order valence-corrected chi connectivity index (χ4v) is 4.42. The largest absolute Gasteiger partial charge is 0.377 e. The van der Waals surface area contributed by atoms with Gasteiger partial charge in [0.05, 0.1) is 11.0 Å². The summed E-state index contributed by atoms with van der Waals surface area (Å²) in [5, 5.41) is 2.89. The van der Waals surface area contributed by atoms with Gasteiger partial charge >= 0.3 is 6.03 Å². The third-order valence-corrected chi connectivity index (χ3v) is 6.15. The van der Waals surface area contributed by atoms with Crippen LogP contribution in [0.3, 0.4) is 0 Å². The van der Waals surface area contributed by atoms with Crippen LogP contribution >= 0.6 is 0 Å². The smallest absolute Gasteiger partial charge is 0.317 e. The maximum atomic E-state index is 12.5. The first-order valence-corrected chi connectivity index (χ1v) is 10.6. The standard InChI is InChI=1S/C18H27N3O4S/c1-13(2)20-18(22)21-8-7-14-10-17(6-5-15(14)12-21)26(23,24)19-11-16-4-3-9-25-16/h5-6,10,13,16,19H,3-4,7-9,11-12H2,1-2H3,(H,20,22)/t16-/m1/s1. The van der Waals surface area contributed by atoms with Crippen LogP contribution in [0.2, 0.25) is 0 Å². The molecule has 1 aromatic carbocycles. The lowest BCUT2D eigenvalue weighted by Crippen LogP contribution is -2.45. The number of carbonyl (C=O) groups excluding carboxylic acids is 1. The Bertz CT molecular complexity index is 758. The number of fused-ring (bicyclic) bond motifs is 1. The number of hydrogen-bond donors (Lipinski definition) is 2. The van der Waals surface area contributed by atoms with E-state index in [9.17, 15) is 13.2 Å². The molecule has 2 aliphatic heterocycles. The number of hydrogen-bond acceptors (Lipinski definition) is 4. The van der Waals surface area contributed by atoms with E-state index in [0.717, 1.165) is 24.0 Å². The fourth-order valence-electron chi connectivity index (χ4n) is 3.30. The molecule has 2 N–H and O–H groups in total. The predicted molar refractivity (Wildman–Crippen MR) is 98.4 cm³/mol. The Morgan fingerprint density at radius 2 is 2.15 bits per heavy atom. The van der Waals surface area contributed by atoms with Gasteiger partial charge in [-0.3, -0.25) is 0 Å². The van der Waals surface area contributed by atoms with Crippen molar-refractivity contribution < 1.29 is 17.9 Å². The molecule has 26 heavy (non-hydrogen) atoms. The second-order valence-corrected chi connectivity index (χ2v) is 8.96. The van der Waals surface area contributed by atoms with Gasteiger partial charge in [-0.25, -0.2) is 17.9 Å². The summed E-state index contributed by atoms with van der Waals surface area (Å²) >= 11 is 0. The van der Waals surface area contributed by atoms with Gasteiger partial charge in [-0.15, -0.1) is 0 Å². The molecule has 1 aromatic rings. The van der Waals surface area contributed by atoms with Crippen LogP contribution in [-0.2, 0) is 27.7 Å². The van der Waals surface area contributed by atoms with Gasteiger partial charge in [0.15, 0.2) is 0 Å². The summed E-state index contributed by atoms with van der Waals surface area (Å²) in [6.45, 7) is 5.94. The van der Waals surface area contributed by atoms with Crippen molar-refractivity contribution in [3.63, 3.8) is 0 Å². The molecule has 0 unspecified atom stereocenters. The van der Waals surface area contributed by atoms with Crippen molar-refractivity contribution >= 4 is 16.1 Å². The molecule has 1 atom stereocenters. The van der Waals surface area contributed by atoms with Gasteiger partial charge in [-0.05, 0) is 56.4 Å². The van der Waals surface area contributed by atoms with Crippen molar-refractivity contribution in [3.05, 3.63) is 29.3 Å². The van der Waals surface area contributed by atoms with E-state index in [1.54, 1.807) is 17.0 Å². The number of carbonyl (C=O) groups is 1. The normalized spacial score (nSPS) is 20.3. The van der Waals surface area contributed by atoms with Crippen LogP contribution in [0.4, 0.5) is 4.79 Å². The third kappa shape index (κ3) is 4.55. The van der Waals surface area contributed by atoms with Gasteiger partial charge in [-0.2, -0.15) is 0 Å². The lowest BCUT2D eigenvalue weighted by molar-refractivity contribution is 0.114. The van der Waals surface area contributed by atoms with Crippen LogP contribution in [-0.4, -0.2) is 51.2 Å². The zero-order valence-electron chi connectivity index (χ0n) is 15.3. The summed E-state index contributed by atoms with van der Waals surface area (Å²) in [5.41, 5.74) is 1.98. The van der Waals surface area contributed by atoms with Gasteiger partial charge in [-0.1, -0.05) is 6.07 Å². The molecule has 2 heterocycles. The van der Waals surface area contributed by atoms with E-state index in [4.69, 9.17) is 4.74 Å². The highest BCUT2D eigenvalue weighted by molar-refractivity contribution is 7.89. The van der Waals surface area contributed by atoms with Crippen LogP contribution in [0, 0.1) is 0 Å². The van der Waals surface area contributed by atoms with Crippen molar-refractivity contribution in [2.75, 3.05) is 19.7 Å². The molecule has 1 saturated heterocycles. The molecule has 7 nitrogen and oxygen atoms in total. The maximum Gasteiger partial charge on any atom is 0.317 e. The Morgan fingerprint density at radius 1 is 1.35 bits per heavy atom. The highest BCUT2D eigenvalue weighted by Crippen LogP contribution is 2.23. The molecule has 2 amide bonds. The topological polar surface area (TPSA) is 87.7 Å². The van der Waals surface area contributed by atoms with E-state index in [0.29, 0.717) is 32.7 Å². The number of nitrogens with zero attached hydrogens (tertiary/aromatic N) is 1. The zero-order chi connectivity index (χ0) is 18.7. The van der Waals surface area contributed by atoms with E-state index in [2.05, 4.69) is 10.0 Å². The molecule has 0 aliphatic carbocycles. The Kier molecular flexibility index (Phi) is 5.84. The minimum Gasteiger partial charge on any atom is -0.377 e. The van der Waals surface area contributed by atoms with Gasteiger partial charge < -0.3 is 15.0 Å². The van der Waals surface area contributed by atoms with Gasteiger partial charge in [0.25, 0.3) is 0 Å². The monoisotopic (exact) mass is 381 g/mol. The maximum absolute atomic E-state index is 12.5. The molecule has 0 radical (unpaired) electrons. The summed E-state index contributed by atoms with van der Waals surface area (Å²) in [6, 6.07) is 5.16. The summed E-state index contributed by atoms with van der Waals surface area (Å²) in [6.07, 6.45) is 2.48. The lowest BCUT2D eigenvalue weighted by Gasteiger charge is -2.30. The van der Waals surface area contributed by atoms with Crippen molar-refractivity contribution in [2.45, 2.75) is 56.7 Å². The first-order chi connectivity index (χ1) is 12.3. The summed E-state index contributed by atoms with van der Waals surface area (Å²) < 4.78 is 33.2. The zero-order valence-corrected chi connectivity index (χ0v) is 16.1. The van der Waals surface area contributed by atoms with Crippen LogP contribution in [0.25, 0.3) is 0 Å². The quantitative estimate of drug-likeness (QED) is 0.811. The van der Waals surface area contributed by atoms with Gasteiger partial charge in [0, 0.05) is 32.3 Å². The predicted octanol–water partition coefficient (Wildman–Crippen LogP) is 1.62. The average molecular weight is 381 g/mol. The molecule has 1 fully saturated rings. The minimum atomic E-state index is -3.55. The Labute approximate surface area is 155 Å². The molecule has 8 heteroatoms. The van der Waals surface area contributed by atoms with Gasteiger partial charge in [0.1, 0.15) is 0 Å². The van der Waals surface area contributed by atoms with Crippen molar-refractivity contribution in [3.8, 4) is 0 Å². The first-order valence-electron chi connectivity index (χ1n) is 9.13. The summed E-state index contributed by atoms with van der Waals surface area (Å²) in [4.78, 5) is 14.2. The molecule has 0 saturated carbocycles. The van der Waals surface area contributed by atoms with Gasteiger partial charge in [0.2, 0.25) is 10.0 Å². The number of amides is 2. The molecule has 0 bridgehead atoms. The van der Waals surface area contributed by atoms with Crippen molar-refractivity contribution in [1.82, 2.24) is 14.9 Å². The minimum absolute atomic E-state index is 0.0320. The Hall–Kier alpha value is -1.64. The summed E-state index contributed by atoms with van der Waals surface area (Å²) in [7, 11) is -3.55. The Balaban J connectivity index is 1.66. The third-order valence-electron chi connectivity index (χ3n) is 4.72. The molecule has 0 aromatic heterocycles. The SMILES string of the molecule is CC(C)NC(=O)N1CCc2cc(S(=O)(=O)NC[C@H]3CCCO3)ccc2C1. The fraction of sp³-hybridized carbons (Fsp3) is 0.611. The number of nitrogens with one attached hydrogen (secondary N) is 2. The van der Waals surface area contributed by atoms with E-state index >= 15 is 0 Å². The van der Waals surface area contributed by atoms with E-state index in [1.165, 1.54) is 0 Å². The van der Waals surface area contributed by atoms with E-state index in [1.807, 2.05) is 19.9 Å². The molecule has 2 aliphatic rings. The van der Waals surface area contributed by atoms with Crippen LogP contribution in [0.1, 0.15) is 37.8 Å². The number of urea groups is 1. The number of benzene rings is 1. The number of ether oxygens (including phenoxy) is 1. The molecule has 3 rings (SSSR count). The van der Waals surface area contributed by atoms with Crippen molar-refractivity contribution in [2.24, 2.45) is 0 Å². The summed E-state index contributed by atoms with van der Waals surface area (Å²) in [5.74, 6) is 0. The Morgan fingerprint density at radius 3 is 2.85 bits per heavy atom. The van der Waals surface area contributed by atoms with Crippen LogP contribution in [0.15, 0.2) is 23.1 Å². The molecule has 0 spiro atoms. The van der Waals surface area contributed by atoms with E-state index in [-0.39, 0.29) is 23.1 Å². The highest BCUT2D eigenvalue weighted by Gasteiger charge is 2.24. The lowest BCUT2D eigenvalue weighted by atomic mass is 10.0. The molecular weight excluding hydrogens is 354 g/mol. The second-order valence-electron chi connectivity index (χ2n) is 7.19.